The monoisotopic (exact) mass is 1270 g/mol. The number of rotatable bonds is 72. The maximum absolute atomic E-state index is 12.5. The van der Waals surface area contributed by atoms with E-state index in [9.17, 15) is 19.2 Å². The van der Waals surface area contributed by atoms with Crippen molar-refractivity contribution >= 4 is 23.6 Å². The van der Waals surface area contributed by atoms with Crippen LogP contribution in [0.4, 0.5) is 0 Å². The van der Waals surface area contributed by atoms with Gasteiger partial charge in [0.2, 0.25) is 23.6 Å². The predicted molar refractivity (Wildman–Crippen MR) is 397 cm³/mol. The van der Waals surface area contributed by atoms with E-state index >= 15 is 0 Å². The van der Waals surface area contributed by atoms with Crippen LogP contribution in [0, 0.1) is 11.8 Å². The Hall–Kier alpha value is -2.64. The zero-order chi connectivity index (χ0) is 66.1. The summed E-state index contributed by atoms with van der Waals surface area (Å²) < 4.78 is 0. The lowest BCUT2D eigenvalue weighted by Crippen LogP contribution is -2.43. The van der Waals surface area contributed by atoms with E-state index in [2.05, 4.69) is 62.6 Å². The average molecular weight is 1270 g/mol. The smallest absolute Gasteiger partial charge is 0.222 e. The van der Waals surface area contributed by atoms with E-state index < -0.39 is 0 Å². The van der Waals surface area contributed by atoms with Gasteiger partial charge in [0.1, 0.15) is 0 Å². The van der Waals surface area contributed by atoms with Crippen LogP contribution in [0.1, 0.15) is 452 Å². The summed E-state index contributed by atoms with van der Waals surface area (Å²) in [5, 5.41) is 6.14. The molecule has 0 spiro atoms. The van der Waals surface area contributed by atoms with E-state index in [-0.39, 0.29) is 47.5 Å². The van der Waals surface area contributed by atoms with E-state index in [0.717, 1.165) is 64.2 Å². The van der Waals surface area contributed by atoms with Crippen LogP contribution in [-0.4, -0.2) is 35.7 Å². The second kappa shape index (κ2) is 75.4. The van der Waals surface area contributed by atoms with Crippen molar-refractivity contribution in [2.24, 2.45) is 23.3 Å². The molecule has 6 N–H and O–H groups in total. The summed E-state index contributed by atoms with van der Waals surface area (Å²) >= 11 is 0. The Labute approximate surface area is 562 Å². The van der Waals surface area contributed by atoms with Crippen molar-refractivity contribution in [3.63, 3.8) is 0 Å². The molecule has 0 aliphatic heterocycles. The molecule has 0 aromatic carbocycles. The van der Waals surface area contributed by atoms with Crippen molar-refractivity contribution in [1.82, 2.24) is 10.6 Å². The minimum Gasteiger partial charge on any atom is -0.369 e. The molecular formula is C82H160N4O4. The second-order valence-electron chi connectivity index (χ2n) is 28.3. The number of hydrogen-bond donors (Lipinski definition) is 4. The van der Waals surface area contributed by atoms with E-state index in [1.165, 1.54) is 334 Å². The lowest BCUT2D eigenvalue weighted by atomic mass is 9.93. The quantitative estimate of drug-likeness (QED) is 0.0355. The number of primary amides is 2. The lowest BCUT2D eigenvalue weighted by molar-refractivity contribution is -0.126. The minimum atomic E-state index is -0.277. The third-order valence-corrected chi connectivity index (χ3v) is 19.3. The Balaban J connectivity index is 0. The molecule has 0 saturated heterocycles. The zero-order valence-electron chi connectivity index (χ0n) is 61.7. The summed E-state index contributed by atoms with van der Waals surface area (Å²) in [6, 6.07) is -0.357. The van der Waals surface area contributed by atoms with Crippen molar-refractivity contribution in [2.45, 2.75) is 465 Å². The Bertz CT molecular complexity index is 1550. The fraction of sp³-hybridized carbons (Fsp3) is 0.902. The molecular weight excluding hydrogens is 1100 g/mol. The molecule has 90 heavy (non-hydrogen) atoms. The van der Waals surface area contributed by atoms with Crippen LogP contribution in [0.5, 0.6) is 0 Å². The van der Waals surface area contributed by atoms with E-state index in [1.54, 1.807) is 0 Å². The number of carbonyl (C=O) groups is 4. The van der Waals surface area contributed by atoms with Crippen LogP contribution < -0.4 is 22.1 Å². The van der Waals surface area contributed by atoms with Crippen LogP contribution >= 0.6 is 0 Å². The van der Waals surface area contributed by atoms with Gasteiger partial charge in [0.05, 0.1) is 11.8 Å². The van der Waals surface area contributed by atoms with Crippen molar-refractivity contribution in [2.75, 3.05) is 0 Å². The topological polar surface area (TPSA) is 144 Å². The summed E-state index contributed by atoms with van der Waals surface area (Å²) in [6.45, 7) is 13.0. The molecule has 0 aliphatic carbocycles. The van der Waals surface area contributed by atoms with Crippen LogP contribution in [-0.2, 0) is 19.2 Å². The summed E-state index contributed by atoms with van der Waals surface area (Å²) in [6.07, 6.45) is 90.6. The Morgan fingerprint density at radius 2 is 0.422 bits per heavy atom. The molecule has 0 heterocycles. The van der Waals surface area contributed by atoms with E-state index in [4.69, 9.17) is 11.5 Å². The SMILES string of the molecule is CCCCCCCCC=CCCCCCCCCCCC(C(N)=O)C(C)NC(=O)CCCCCCCCCCCCCCCCC.CCCCCCCCC=CCCCCCCCCCCCC(=O)NC(C)C(CCCCCCCCCCCCCC)C(N)=O. The molecule has 8 heteroatoms. The zero-order valence-corrected chi connectivity index (χ0v) is 61.7. The number of unbranched alkanes of at least 4 members (excludes halogenated alkanes) is 54. The highest BCUT2D eigenvalue weighted by Gasteiger charge is 2.25. The van der Waals surface area contributed by atoms with Gasteiger partial charge >= 0.3 is 0 Å². The number of nitrogens with one attached hydrogen (secondary N) is 2. The number of nitrogens with two attached hydrogens (primary N) is 2. The first-order valence-electron chi connectivity index (χ1n) is 40.5. The maximum atomic E-state index is 12.5. The summed E-state index contributed by atoms with van der Waals surface area (Å²) in [7, 11) is 0. The standard InChI is InChI=1S/C42H82N2O2.C40H78N2O2/c1-4-6-8-10-12-14-16-18-20-21-22-24-25-27-29-31-33-35-37-40(42(43)46)39(3)44-41(45)38-36-34-32-30-28-26-23-19-17-15-13-11-9-7-5-2;1-4-6-8-10-12-14-16-18-19-20-21-22-23-24-26-28-30-32-34-36-39(43)42-37(3)38(40(41)44)35-33-31-29-27-25-17-15-13-11-9-7-5-2/h18,20,39-40H,4-17,19,21-38H2,1-3H3,(H2,43,46)(H,44,45);18-19,37-38H,4-17,20-36H2,1-3H3,(H2,41,44)(H,42,43). The minimum absolute atomic E-state index is 0.0690. The highest BCUT2D eigenvalue weighted by Crippen LogP contribution is 2.21. The Morgan fingerprint density at radius 1 is 0.256 bits per heavy atom. The van der Waals surface area contributed by atoms with E-state index in [1.807, 2.05) is 13.8 Å². The molecule has 0 rings (SSSR count). The van der Waals surface area contributed by atoms with Crippen LogP contribution in [0.2, 0.25) is 0 Å². The van der Waals surface area contributed by atoms with Gasteiger partial charge in [-0.15, -0.1) is 0 Å². The summed E-state index contributed by atoms with van der Waals surface area (Å²) in [5.74, 6) is -0.940. The Morgan fingerprint density at radius 3 is 0.611 bits per heavy atom. The molecule has 0 aromatic heterocycles. The number of hydrogen-bond acceptors (Lipinski definition) is 4. The van der Waals surface area contributed by atoms with Crippen molar-refractivity contribution in [3.8, 4) is 0 Å². The van der Waals surface area contributed by atoms with Gasteiger partial charge in [-0.05, 0) is 90.9 Å². The van der Waals surface area contributed by atoms with Crippen molar-refractivity contribution in [3.05, 3.63) is 24.3 Å². The number of carbonyl (C=O) groups excluding carboxylic acids is 4. The molecule has 0 aliphatic rings. The normalized spacial score (nSPS) is 13.0. The molecule has 0 bridgehead atoms. The van der Waals surface area contributed by atoms with Gasteiger partial charge in [0.15, 0.2) is 0 Å². The van der Waals surface area contributed by atoms with Crippen LogP contribution in [0.25, 0.3) is 0 Å². The third kappa shape index (κ3) is 69.7. The van der Waals surface area contributed by atoms with Crippen LogP contribution in [0.15, 0.2) is 24.3 Å². The largest absolute Gasteiger partial charge is 0.369 e. The molecule has 0 aromatic rings. The van der Waals surface area contributed by atoms with Crippen LogP contribution in [0.3, 0.4) is 0 Å². The molecule has 4 amide bonds. The summed E-state index contributed by atoms with van der Waals surface area (Å²) in [4.78, 5) is 49.1. The molecule has 0 saturated carbocycles. The van der Waals surface area contributed by atoms with Gasteiger partial charge in [0, 0.05) is 24.9 Å². The highest BCUT2D eigenvalue weighted by atomic mass is 16.2. The average Bonchev–Trinajstić information content (AvgIpc) is 3.74. The van der Waals surface area contributed by atoms with Crippen molar-refractivity contribution in [1.29, 1.82) is 0 Å². The lowest BCUT2D eigenvalue weighted by Gasteiger charge is -2.22. The highest BCUT2D eigenvalue weighted by molar-refractivity contribution is 5.81. The third-order valence-electron chi connectivity index (χ3n) is 19.3. The summed E-state index contributed by atoms with van der Waals surface area (Å²) in [5.41, 5.74) is 11.4. The van der Waals surface area contributed by atoms with Gasteiger partial charge in [-0.2, -0.15) is 0 Å². The fourth-order valence-electron chi connectivity index (χ4n) is 13.0. The molecule has 4 atom stereocenters. The second-order valence-corrected chi connectivity index (χ2v) is 28.3. The van der Waals surface area contributed by atoms with Gasteiger partial charge in [-0.25, -0.2) is 0 Å². The first kappa shape index (κ1) is 89.4. The van der Waals surface area contributed by atoms with Gasteiger partial charge in [-0.3, -0.25) is 19.2 Å². The molecule has 4 unspecified atom stereocenters. The fourth-order valence-corrected chi connectivity index (χ4v) is 13.0. The van der Waals surface area contributed by atoms with Gasteiger partial charge in [-0.1, -0.05) is 373 Å². The molecule has 8 nitrogen and oxygen atoms in total. The number of amides is 4. The van der Waals surface area contributed by atoms with Gasteiger partial charge < -0.3 is 22.1 Å². The maximum Gasteiger partial charge on any atom is 0.222 e. The van der Waals surface area contributed by atoms with Gasteiger partial charge in [0.25, 0.3) is 0 Å². The van der Waals surface area contributed by atoms with Crippen molar-refractivity contribution < 1.29 is 19.2 Å². The Kier molecular flexibility index (Phi) is 74.9. The van der Waals surface area contributed by atoms with E-state index in [0.29, 0.717) is 12.8 Å². The molecule has 0 fully saturated rings. The number of allylic oxidation sites excluding steroid dienone is 4. The molecule has 0 radical (unpaired) electrons. The first-order valence-corrected chi connectivity index (χ1v) is 40.5. The molecule has 532 valence electrons. The predicted octanol–water partition coefficient (Wildman–Crippen LogP) is 25.3. The first-order chi connectivity index (χ1) is 44.0.